The van der Waals surface area contributed by atoms with Crippen LogP contribution >= 0.6 is 0 Å². The molecule has 0 aromatic heterocycles. The third-order valence-corrected chi connectivity index (χ3v) is 3.85. The summed E-state index contributed by atoms with van der Waals surface area (Å²) in [7, 11) is -3.37. The zero-order chi connectivity index (χ0) is 12.9. The molecule has 1 rings (SSSR count). The minimum Gasteiger partial charge on any atom is -0.212 e. The van der Waals surface area contributed by atoms with E-state index in [1.165, 1.54) is 0 Å². The SMILES string of the molecule is CCCS(=O)(=O)NC(C#N)c1ccc(C)cc1. The molecule has 1 N–H and O–H groups in total. The molecule has 1 atom stereocenters. The van der Waals surface area contributed by atoms with Crippen LogP contribution < -0.4 is 4.72 Å². The monoisotopic (exact) mass is 252 g/mol. The van der Waals surface area contributed by atoms with Gasteiger partial charge < -0.3 is 0 Å². The van der Waals surface area contributed by atoms with Gasteiger partial charge in [-0.2, -0.15) is 9.98 Å². The molecule has 92 valence electrons. The molecule has 1 unspecified atom stereocenters. The fourth-order valence-electron chi connectivity index (χ4n) is 1.44. The van der Waals surface area contributed by atoms with E-state index >= 15 is 0 Å². The number of hydrogen-bond donors (Lipinski definition) is 1. The first-order valence-corrected chi connectivity index (χ1v) is 7.10. The van der Waals surface area contributed by atoms with E-state index in [4.69, 9.17) is 5.26 Å². The lowest BCUT2D eigenvalue weighted by atomic mass is 10.1. The molecule has 0 aliphatic heterocycles. The number of nitrogens with zero attached hydrogens (tertiary/aromatic N) is 1. The molecule has 0 radical (unpaired) electrons. The smallest absolute Gasteiger partial charge is 0.212 e. The minimum absolute atomic E-state index is 0.0387. The fraction of sp³-hybridized carbons (Fsp3) is 0.417. The second kappa shape index (κ2) is 5.80. The summed E-state index contributed by atoms with van der Waals surface area (Å²) in [5.41, 5.74) is 1.74. The lowest BCUT2D eigenvalue weighted by Crippen LogP contribution is -2.29. The van der Waals surface area contributed by atoms with Gasteiger partial charge >= 0.3 is 0 Å². The number of benzene rings is 1. The van der Waals surface area contributed by atoms with Gasteiger partial charge in [0, 0.05) is 0 Å². The van der Waals surface area contributed by atoms with Crippen molar-refractivity contribution in [3.05, 3.63) is 35.4 Å². The van der Waals surface area contributed by atoms with E-state index in [0.717, 1.165) is 5.56 Å². The summed E-state index contributed by atoms with van der Waals surface area (Å²) < 4.78 is 25.5. The van der Waals surface area contributed by atoms with E-state index in [0.29, 0.717) is 12.0 Å². The first-order valence-electron chi connectivity index (χ1n) is 5.44. The van der Waals surface area contributed by atoms with Crippen LogP contribution in [0, 0.1) is 18.3 Å². The molecule has 1 aromatic carbocycles. The Labute approximate surface area is 102 Å². The number of hydrogen-bond acceptors (Lipinski definition) is 3. The van der Waals surface area contributed by atoms with Gasteiger partial charge in [-0.05, 0) is 18.9 Å². The second-order valence-electron chi connectivity index (χ2n) is 3.91. The van der Waals surface area contributed by atoms with Gasteiger partial charge in [-0.3, -0.25) is 0 Å². The Balaban J connectivity index is 2.87. The summed E-state index contributed by atoms with van der Waals surface area (Å²) >= 11 is 0. The van der Waals surface area contributed by atoms with Gasteiger partial charge in [-0.25, -0.2) is 8.42 Å². The Morgan fingerprint density at radius 2 is 1.94 bits per heavy atom. The van der Waals surface area contributed by atoms with E-state index in [2.05, 4.69) is 4.72 Å². The van der Waals surface area contributed by atoms with Crippen molar-refractivity contribution in [1.29, 1.82) is 5.26 Å². The van der Waals surface area contributed by atoms with Gasteiger partial charge in [0.15, 0.2) is 0 Å². The average molecular weight is 252 g/mol. The van der Waals surface area contributed by atoms with E-state index in [9.17, 15) is 8.42 Å². The summed E-state index contributed by atoms with van der Waals surface area (Å²) in [6, 6.07) is 8.38. The van der Waals surface area contributed by atoms with Crippen LogP contribution in [0.25, 0.3) is 0 Å². The average Bonchev–Trinajstić information content (AvgIpc) is 2.27. The molecule has 0 aliphatic rings. The maximum Gasteiger partial charge on any atom is 0.213 e. The standard InChI is InChI=1S/C12H16N2O2S/c1-3-8-17(15,16)14-12(9-13)11-6-4-10(2)5-7-11/h4-7,12,14H,3,8H2,1-2H3. The first kappa shape index (κ1) is 13.7. The quantitative estimate of drug-likeness (QED) is 0.870. The molecule has 4 nitrogen and oxygen atoms in total. The number of aryl methyl sites for hydroxylation is 1. The Morgan fingerprint density at radius 1 is 1.35 bits per heavy atom. The van der Waals surface area contributed by atoms with Crippen LogP contribution in [0.15, 0.2) is 24.3 Å². The zero-order valence-electron chi connectivity index (χ0n) is 9.97. The van der Waals surface area contributed by atoms with Gasteiger partial charge in [0.05, 0.1) is 11.8 Å². The van der Waals surface area contributed by atoms with Crippen molar-refractivity contribution >= 4 is 10.0 Å². The van der Waals surface area contributed by atoms with Gasteiger partial charge in [-0.15, -0.1) is 0 Å². The van der Waals surface area contributed by atoms with E-state index < -0.39 is 16.1 Å². The van der Waals surface area contributed by atoms with Crippen LogP contribution in [0.2, 0.25) is 0 Å². The van der Waals surface area contributed by atoms with Crippen LogP contribution in [0.3, 0.4) is 0 Å². The van der Waals surface area contributed by atoms with E-state index in [1.807, 2.05) is 25.1 Å². The van der Waals surface area contributed by atoms with Crippen molar-refractivity contribution in [2.45, 2.75) is 26.3 Å². The largest absolute Gasteiger partial charge is 0.213 e. The first-order chi connectivity index (χ1) is 7.98. The molecular formula is C12H16N2O2S. The second-order valence-corrected chi connectivity index (χ2v) is 5.78. The van der Waals surface area contributed by atoms with Crippen LogP contribution in [-0.2, 0) is 10.0 Å². The van der Waals surface area contributed by atoms with Crippen molar-refractivity contribution in [3.63, 3.8) is 0 Å². The van der Waals surface area contributed by atoms with Crippen LogP contribution in [0.1, 0.15) is 30.5 Å². The fourth-order valence-corrected chi connectivity index (χ4v) is 2.64. The Hall–Kier alpha value is -1.38. The van der Waals surface area contributed by atoms with Gasteiger partial charge in [-0.1, -0.05) is 36.8 Å². The highest BCUT2D eigenvalue weighted by Crippen LogP contribution is 2.14. The molecule has 0 saturated carbocycles. The molecule has 5 heteroatoms. The highest BCUT2D eigenvalue weighted by atomic mass is 32.2. The van der Waals surface area contributed by atoms with Crippen LogP contribution in [-0.4, -0.2) is 14.2 Å². The van der Waals surface area contributed by atoms with Gasteiger partial charge in [0.1, 0.15) is 6.04 Å². The molecule has 0 saturated heterocycles. The van der Waals surface area contributed by atoms with Crippen LogP contribution in [0.5, 0.6) is 0 Å². The third kappa shape index (κ3) is 4.17. The Morgan fingerprint density at radius 3 is 2.41 bits per heavy atom. The van der Waals surface area contributed by atoms with Crippen molar-refractivity contribution in [1.82, 2.24) is 4.72 Å². The lowest BCUT2D eigenvalue weighted by molar-refractivity contribution is 0.574. The molecule has 0 fully saturated rings. The minimum atomic E-state index is -3.37. The topological polar surface area (TPSA) is 70.0 Å². The van der Waals surface area contributed by atoms with Crippen LogP contribution in [0.4, 0.5) is 0 Å². The molecule has 1 aromatic rings. The number of sulfonamides is 1. The Bertz CT molecular complexity index is 500. The van der Waals surface area contributed by atoms with Gasteiger partial charge in [0.25, 0.3) is 0 Å². The zero-order valence-corrected chi connectivity index (χ0v) is 10.8. The summed E-state index contributed by atoms with van der Waals surface area (Å²) in [5, 5.41) is 9.00. The highest BCUT2D eigenvalue weighted by molar-refractivity contribution is 7.89. The Kier molecular flexibility index (Phi) is 4.67. The van der Waals surface area contributed by atoms with Crippen molar-refractivity contribution in [2.24, 2.45) is 0 Å². The predicted octanol–water partition coefficient (Wildman–Crippen LogP) is 1.89. The summed E-state index contributed by atoms with van der Waals surface area (Å²) in [6.45, 7) is 3.72. The summed E-state index contributed by atoms with van der Waals surface area (Å²) in [5.74, 6) is 0.0387. The predicted molar refractivity (Wildman–Crippen MR) is 66.7 cm³/mol. The maximum atomic E-state index is 11.6. The summed E-state index contributed by atoms with van der Waals surface area (Å²) in [4.78, 5) is 0. The van der Waals surface area contributed by atoms with E-state index in [1.54, 1.807) is 19.1 Å². The lowest BCUT2D eigenvalue weighted by Gasteiger charge is -2.12. The molecule has 0 aliphatic carbocycles. The summed E-state index contributed by atoms with van der Waals surface area (Å²) in [6.07, 6.45) is 0.529. The molecular weight excluding hydrogens is 236 g/mol. The molecule has 0 amide bonds. The number of nitriles is 1. The third-order valence-electron chi connectivity index (χ3n) is 2.31. The normalized spacial score (nSPS) is 13.0. The van der Waals surface area contributed by atoms with Crippen molar-refractivity contribution < 1.29 is 8.42 Å². The molecule has 0 bridgehead atoms. The van der Waals surface area contributed by atoms with E-state index in [-0.39, 0.29) is 5.75 Å². The number of rotatable bonds is 5. The highest BCUT2D eigenvalue weighted by Gasteiger charge is 2.17. The van der Waals surface area contributed by atoms with Crippen molar-refractivity contribution in [2.75, 3.05) is 5.75 Å². The van der Waals surface area contributed by atoms with Gasteiger partial charge in [0.2, 0.25) is 10.0 Å². The number of nitrogens with one attached hydrogen (secondary N) is 1. The maximum absolute atomic E-state index is 11.6. The molecule has 0 heterocycles. The molecule has 0 spiro atoms. The van der Waals surface area contributed by atoms with Crippen molar-refractivity contribution in [3.8, 4) is 6.07 Å². The molecule has 17 heavy (non-hydrogen) atoms.